The van der Waals surface area contributed by atoms with Gasteiger partial charge in [-0.25, -0.2) is 0 Å². The number of halogens is 1. The Morgan fingerprint density at radius 1 is 0.952 bits per heavy atom. The summed E-state index contributed by atoms with van der Waals surface area (Å²) in [6, 6.07) is 15.9. The lowest BCUT2D eigenvalue weighted by atomic mass is 10.2. The molecule has 0 heterocycles. The molecule has 0 fully saturated rings. The summed E-state index contributed by atoms with van der Waals surface area (Å²) in [5.41, 5.74) is 1.19. The molecule has 0 radical (unpaired) electrons. The monoisotopic (exact) mass is 349 g/mol. The Hall–Kier alpha value is -1.52. The molecule has 21 heavy (non-hydrogen) atoms. The molecule has 0 unspecified atom stereocenters. The highest BCUT2D eigenvalue weighted by Gasteiger charge is 2.02. The summed E-state index contributed by atoms with van der Waals surface area (Å²) >= 11 is 3.53. The number of hydrogen-bond donors (Lipinski definition) is 1. The lowest BCUT2D eigenvalue weighted by molar-refractivity contribution is 0.247. The molecule has 0 aliphatic heterocycles. The van der Waals surface area contributed by atoms with Gasteiger partial charge in [0.05, 0.1) is 13.2 Å². The van der Waals surface area contributed by atoms with Crippen molar-refractivity contribution in [2.75, 3.05) is 20.3 Å². The standard InChI is InChI=1S/C17H20BrNO2/c1-19-13-14-12-16(8-9-17(14)18)21-11-5-10-20-15-6-3-2-4-7-15/h2-4,6-9,12,19H,5,10-11,13H2,1H3. The van der Waals surface area contributed by atoms with Crippen LogP contribution in [0.1, 0.15) is 12.0 Å². The molecule has 2 rings (SSSR count). The largest absolute Gasteiger partial charge is 0.493 e. The second-order valence-electron chi connectivity index (χ2n) is 4.65. The molecule has 0 aliphatic rings. The van der Waals surface area contributed by atoms with Gasteiger partial charge in [-0.2, -0.15) is 0 Å². The van der Waals surface area contributed by atoms with E-state index in [-0.39, 0.29) is 0 Å². The normalized spacial score (nSPS) is 10.4. The fraction of sp³-hybridized carbons (Fsp3) is 0.294. The van der Waals surface area contributed by atoms with E-state index in [9.17, 15) is 0 Å². The molecular formula is C17H20BrNO2. The SMILES string of the molecule is CNCc1cc(OCCCOc2ccccc2)ccc1Br. The molecule has 3 nitrogen and oxygen atoms in total. The first-order valence-corrected chi connectivity index (χ1v) is 7.82. The van der Waals surface area contributed by atoms with Crippen LogP contribution in [-0.2, 0) is 6.54 Å². The maximum absolute atomic E-state index is 5.76. The summed E-state index contributed by atoms with van der Waals surface area (Å²) in [6.45, 7) is 2.12. The minimum Gasteiger partial charge on any atom is -0.493 e. The molecule has 4 heteroatoms. The third-order valence-electron chi connectivity index (χ3n) is 2.95. The zero-order chi connectivity index (χ0) is 14.9. The van der Waals surface area contributed by atoms with Crippen molar-refractivity contribution in [2.24, 2.45) is 0 Å². The van der Waals surface area contributed by atoms with Crippen molar-refractivity contribution in [3.63, 3.8) is 0 Å². The van der Waals surface area contributed by atoms with Crippen LogP contribution in [0.4, 0.5) is 0 Å². The molecule has 0 aliphatic carbocycles. The van der Waals surface area contributed by atoms with E-state index in [1.54, 1.807) is 0 Å². The first kappa shape index (κ1) is 15.9. The van der Waals surface area contributed by atoms with Crippen LogP contribution in [0.15, 0.2) is 53.0 Å². The Kier molecular flexibility index (Phi) is 6.57. The summed E-state index contributed by atoms with van der Waals surface area (Å²) in [5.74, 6) is 1.79. The third kappa shape index (κ3) is 5.40. The molecule has 1 N–H and O–H groups in total. The molecule has 0 saturated carbocycles. The minimum atomic E-state index is 0.646. The molecule has 0 bridgehead atoms. The van der Waals surface area contributed by atoms with Crippen LogP contribution < -0.4 is 14.8 Å². The molecule has 0 saturated heterocycles. The molecule has 112 valence electrons. The van der Waals surface area contributed by atoms with Gasteiger partial charge in [0.2, 0.25) is 0 Å². The van der Waals surface area contributed by atoms with Crippen LogP contribution in [0.3, 0.4) is 0 Å². The predicted molar refractivity (Wildman–Crippen MR) is 89.0 cm³/mol. The third-order valence-corrected chi connectivity index (χ3v) is 3.73. The average Bonchev–Trinajstić information content (AvgIpc) is 2.51. The zero-order valence-electron chi connectivity index (χ0n) is 12.1. The first-order chi connectivity index (χ1) is 10.3. The number of rotatable bonds is 8. The van der Waals surface area contributed by atoms with E-state index in [0.717, 1.165) is 28.9 Å². The van der Waals surface area contributed by atoms with Crippen molar-refractivity contribution >= 4 is 15.9 Å². The van der Waals surface area contributed by atoms with E-state index in [2.05, 4.69) is 27.3 Å². The maximum Gasteiger partial charge on any atom is 0.119 e. The minimum absolute atomic E-state index is 0.646. The van der Waals surface area contributed by atoms with Crippen LogP contribution in [0, 0.1) is 0 Å². The fourth-order valence-electron chi connectivity index (χ4n) is 1.92. The number of hydrogen-bond acceptors (Lipinski definition) is 3. The van der Waals surface area contributed by atoms with Gasteiger partial charge >= 0.3 is 0 Å². The van der Waals surface area contributed by atoms with Gasteiger partial charge < -0.3 is 14.8 Å². The molecule has 0 amide bonds. The van der Waals surface area contributed by atoms with Crippen LogP contribution in [0.25, 0.3) is 0 Å². The Balaban J connectivity index is 1.72. The van der Waals surface area contributed by atoms with Gasteiger partial charge in [0.1, 0.15) is 11.5 Å². The van der Waals surface area contributed by atoms with Gasteiger partial charge in [-0.3, -0.25) is 0 Å². The number of nitrogens with one attached hydrogen (secondary N) is 1. The van der Waals surface area contributed by atoms with Gasteiger partial charge in [-0.15, -0.1) is 0 Å². The number of para-hydroxylation sites is 1. The average molecular weight is 350 g/mol. The van der Waals surface area contributed by atoms with Gasteiger partial charge in [0.15, 0.2) is 0 Å². The Bertz CT molecular complexity index is 546. The van der Waals surface area contributed by atoms with Gasteiger partial charge in [0.25, 0.3) is 0 Å². The molecule has 0 spiro atoms. The highest BCUT2D eigenvalue weighted by molar-refractivity contribution is 9.10. The van der Waals surface area contributed by atoms with Crippen molar-refractivity contribution < 1.29 is 9.47 Å². The first-order valence-electron chi connectivity index (χ1n) is 7.03. The Morgan fingerprint density at radius 3 is 2.38 bits per heavy atom. The van der Waals surface area contributed by atoms with E-state index in [1.165, 1.54) is 5.56 Å². The number of ether oxygens (including phenoxy) is 2. The number of benzene rings is 2. The van der Waals surface area contributed by atoms with Crippen molar-refractivity contribution in [3.8, 4) is 11.5 Å². The highest BCUT2D eigenvalue weighted by Crippen LogP contribution is 2.22. The van der Waals surface area contributed by atoms with E-state index in [1.807, 2.05) is 49.5 Å². The highest BCUT2D eigenvalue weighted by atomic mass is 79.9. The lowest BCUT2D eigenvalue weighted by Gasteiger charge is -2.10. The van der Waals surface area contributed by atoms with Crippen molar-refractivity contribution in [1.29, 1.82) is 0 Å². The van der Waals surface area contributed by atoms with Gasteiger partial charge in [-0.05, 0) is 42.9 Å². The van der Waals surface area contributed by atoms with E-state index < -0.39 is 0 Å². The molecule has 2 aromatic carbocycles. The Morgan fingerprint density at radius 2 is 1.67 bits per heavy atom. The van der Waals surface area contributed by atoms with Crippen LogP contribution in [0.5, 0.6) is 11.5 Å². The zero-order valence-corrected chi connectivity index (χ0v) is 13.7. The quantitative estimate of drug-likeness (QED) is 0.730. The second-order valence-corrected chi connectivity index (χ2v) is 5.50. The molecule has 2 aromatic rings. The van der Waals surface area contributed by atoms with E-state index in [4.69, 9.17) is 9.47 Å². The van der Waals surface area contributed by atoms with Gasteiger partial charge in [-0.1, -0.05) is 34.1 Å². The van der Waals surface area contributed by atoms with Crippen LogP contribution in [0.2, 0.25) is 0 Å². The van der Waals surface area contributed by atoms with Crippen molar-refractivity contribution in [3.05, 3.63) is 58.6 Å². The lowest BCUT2D eigenvalue weighted by Crippen LogP contribution is -2.07. The maximum atomic E-state index is 5.76. The second kappa shape index (κ2) is 8.70. The Labute approximate surface area is 134 Å². The molecular weight excluding hydrogens is 330 g/mol. The molecule has 0 atom stereocenters. The van der Waals surface area contributed by atoms with Crippen LogP contribution >= 0.6 is 15.9 Å². The molecule has 0 aromatic heterocycles. The van der Waals surface area contributed by atoms with Crippen LogP contribution in [-0.4, -0.2) is 20.3 Å². The topological polar surface area (TPSA) is 30.5 Å². The van der Waals surface area contributed by atoms with E-state index >= 15 is 0 Å². The van der Waals surface area contributed by atoms with E-state index in [0.29, 0.717) is 13.2 Å². The summed E-state index contributed by atoms with van der Waals surface area (Å²) in [7, 11) is 1.93. The summed E-state index contributed by atoms with van der Waals surface area (Å²) < 4.78 is 12.5. The smallest absolute Gasteiger partial charge is 0.119 e. The predicted octanol–water partition coefficient (Wildman–Crippen LogP) is 4.02. The van der Waals surface area contributed by atoms with Crippen molar-refractivity contribution in [1.82, 2.24) is 5.32 Å². The summed E-state index contributed by atoms with van der Waals surface area (Å²) in [6.07, 6.45) is 0.853. The fourth-order valence-corrected chi connectivity index (χ4v) is 2.31. The summed E-state index contributed by atoms with van der Waals surface area (Å²) in [5, 5.41) is 3.14. The van der Waals surface area contributed by atoms with Gasteiger partial charge in [0, 0.05) is 17.4 Å². The van der Waals surface area contributed by atoms with Crippen molar-refractivity contribution in [2.45, 2.75) is 13.0 Å². The summed E-state index contributed by atoms with van der Waals surface area (Å²) in [4.78, 5) is 0.